The minimum absolute atomic E-state index is 0.0708. The fourth-order valence-electron chi connectivity index (χ4n) is 2.44. The summed E-state index contributed by atoms with van der Waals surface area (Å²) in [5.74, 6) is 0.267. The number of hydrogen-bond donors (Lipinski definition) is 0. The van der Waals surface area contributed by atoms with E-state index in [-0.39, 0.29) is 29.8 Å². The second kappa shape index (κ2) is 6.54. The highest BCUT2D eigenvalue weighted by molar-refractivity contribution is 5.92. The van der Waals surface area contributed by atoms with Crippen molar-refractivity contribution in [3.05, 3.63) is 47.7 Å². The normalized spacial score (nSPS) is 14.9. The largest absolute Gasteiger partial charge is 0.484 e. The fourth-order valence-corrected chi connectivity index (χ4v) is 2.44. The Labute approximate surface area is 136 Å². The van der Waals surface area contributed by atoms with Crippen LogP contribution in [0.3, 0.4) is 0 Å². The molecule has 0 spiro atoms. The summed E-state index contributed by atoms with van der Waals surface area (Å²) in [4.78, 5) is 17.9. The van der Waals surface area contributed by atoms with Gasteiger partial charge in [-0.1, -0.05) is 0 Å². The number of aromatic nitrogens is 1. The van der Waals surface area contributed by atoms with Crippen LogP contribution in [0.2, 0.25) is 0 Å². The van der Waals surface area contributed by atoms with Gasteiger partial charge in [0.25, 0.3) is 5.91 Å². The number of alkyl halides is 3. The predicted octanol–water partition coefficient (Wildman–Crippen LogP) is 3.51. The smallest absolute Gasteiger partial charge is 0.416 e. The van der Waals surface area contributed by atoms with Crippen molar-refractivity contribution in [3.8, 4) is 5.75 Å². The zero-order valence-corrected chi connectivity index (χ0v) is 12.7. The van der Waals surface area contributed by atoms with E-state index in [1.165, 1.54) is 18.4 Å². The third-order valence-electron chi connectivity index (χ3n) is 3.71. The number of hydrogen-bond acceptors (Lipinski definition) is 4. The van der Waals surface area contributed by atoms with Gasteiger partial charge >= 0.3 is 6.18 Å². The molecule has 8 heteroatoms. The van der Waals surface area contributed by atoms with Gasteiger partial charge in [-0.2, -0.15) is 13.2 Å². The second-order valence-electron chi connectivity index (χ2n) is 5.44. The summed E-state index contributed by atoms with van der Waals surface area (Å²) < 4.78 is 47.9. The molecule has 0 radical (unpaired) electrons. The number of amides is 1. The van der Waals surface area contributed by atoms with Crippen LogP contribution in [0.25, 0.3) is 0 Å². The summed E-state index contributed by atoms with van der Waals surface area (Å²) in [7, 11) is 0. The van der Waals surface area contributed by atoms with Crippen molar-refractivity contribution < 1.29 is 27.1 Å². The molecule has 3 rings (SSSR count). The molecule has 0 saturated carbocycles. The number of halogens is 3. The second-order valence-corrected chi connectivity index (χ2v) is 5.44. The van der Waals surface area contributed by atoms with Crippen LogP contribution in [0.4, 0.5) is 13.2 Å². The minimum atomic E-state index is -4.38. The van der Waals surface area contributed by atoms with Crippen molar-refractivity contribution in [2.24, 2.45) is 0 Å². The van der Waals surface area contributed by atoms with E-state index in [0.717, 1.165) is 25.0 Å². The fraction of sp³-hybridized carbons (Fsp3) is 0.375. The number of oxazole rings is 1. The van der Waals surface area contributed by atoms with Crippen LogP contribution in [0.1, 0.15) is 34.8 Å². The maximum atomic E-state index is 12.5. The molecule has 1 amide bonds. The van der Waals surface area contributed by atoms with Gasteiger partial charge in [0.05, 0.1) is 5.56 Å². The highest BCUT2D eigenvalue weighted by Crippen LogP contribution is 2.30. The van der Waals surface area contributed by atoms with Crippen LogP contribution in [0.15, 0.2) is 34.9 Å². The molecule has 2 aromatic rings. The molecule has 1 saturated heterocycles. The number of rotatable bonds is 4. The average Bonchev–Trinajstić information content (AvgIpc) is 3.23. The molecule has 24 heavy (non-hydrogen) atoms. The Morgan fingerprint density at radius 1 is 1.21 bits per heavy atom. The number of likely N-dealkylation sites (tertiary alicyclic amines) is 1. The SMILES string of the molecule is O=C(c1coc(COc2ccc(C(F)(F)F)cc2)n1)N1CCCC1. The quantitative estimate of drug-likeness (QED) is 0.855. The van der Waals surface area contributed by atoms with Crippen molar-refractivity contribution in [1.82, 2.24) is 9.88 Å². The molecule has 1 aromatic carbocycles. The molecule has 2 heterocycles. The molecule has 0 unspecified atom stereocenters. The lowest BCUT2D eigenvalue weighted by Gasteiger charge is -2.12. The first-order valence-electron chi connectivity index (χ1n) is 7.47. The van der Waals surface area contributed by atoms with Crippen LogP contribution in [-0.2, 0) is 12.8 Å². The predicted molar refractivity (Wildman–Crippen MR) is 77.4 cm³/mol. The van der Waals surface area contributed by atoms with Gasteiger partial charge in [-0.15, -0.1) is 0 Å². The summed E-state index contributed by atoms with van der Waals surface area (Å²) >= 11 is 0. The molecule has 1 aliphatic heterocycles. The number of carbonyl (C=O) groups is 1. The third kappa shape index (κ3) is 3.69. The summed E-state index contributed by atoms with van der Waals surface area (Å²) in [6.07, 6.45) is -1.15. The standard InChI is InChI=1S/C16H15F3N2O3/c17-16(18,19)11-3-5-12(6-4-11)23-10-14-20-13(9-24-14)15(22)21-7-1-2-8-21/h3-6,9H,1-2,7-8,10H2. The molecule has 5 nitrogen and oxygen atoms in total. The van der Waals surface area contributed by atoms with Gasteiger partial charge in [-0.3, -0.25) is 4.79 Å². The lowest BCUT2D eigenvalue weighted by molar-refractivity contribution is -0.137. The zero-order chi connectivity index (χ0) is 17.2. The van der Waals surface area contributed by atoms with Crippen LogP contribution in [-0.4, -0.2) is 28.9 Å². The number of nitrogens with zero attached hydrogens (tertiary/aromatic N) is 2. The van der Waals surface area contributed by atoms with Crippen LogP contribution >= 0.6 is 0 Å². The molecule has 0 aliphatic carbocycles. The van der Waals surface area contributed by atoms with E-state index in [0.29, 0.717) is 13.1 Å². The number of benzene rings is 1. The molecular weight excluding hydrogens is 325 g/mol. The highest BCUT2D eigenvalue weighted by atomic mass is 19.4. The maximum absolute atomic E-state index is 12.5. The minimum Gasteiger partial charge on any atom is -0.484 e. The number of carbonyl (C=O) groups excluding carboxylic acids is 1. The van der Waals surface area contributed by atoms with E-state index in [4.69, 9.17) is 9.15 Å². The monoisotopic (exact) mass is 340 g/mol. The van der Waals surface area contributed by atoms with Crippen LogP contribution < -0.4 is 4.74 Å². The van der Waals surface area contributed by atoms with Crippen molar-refractivity contribution >= 4 is 5.91 Å². The van der Waals surface area contributed by atoms with Gasteiger partial charge < -0.3 is 14.1 Å². The molecule has 0 bridgehead atoms. The maximum Gasteiger partial charge on any atom is 0.416 e. The lowest BCUT2D eigenvalue weighted by Crippen LogP contribution is -2.27. The van der Waals surface area contributed by atoms with E-state index >= 15 is 0 Å². The summed E-state index contributed by atoms with van der Waals surface area (Å²) in [5, 5.41) is 0. The molecule has 0 atom stereocenters. The van der Waals surface area contributed by atoms with E-state index in [2.05, 4.69) is 4.98 Å². The van der Waals surface area contributed by atoms with Crippen molar-refractivity contribution in [3.63, 3.8) is 0 Å². The first-order chi connectivity index (χ1) is 11.4. The van der Waals surface area contributed by atoms with E-state index in [9.17, 15) is 18.0 Å². The van der Waals surface area contributed by atoms with E-state index in [1.54, 1.807) is 4.90 Å². The molecular formula is C16H15F3N2O3. The Bertz CT molecular complexity index is 704. The van der Waals surface area contributed by atoms with Crippen molar-refractivity contribution in [2.75, 3.05) is 13.1 Å². The van der Waals surface area contributed by atoms with Gasteiger partial charge in [0.1, 0.15) is 12.0 Å². The van der Waals surface area contributed by atoms with E-state index in [1.807, 2.05) is 0 Å². The van der Waals surface area contributed by atoms with Crippen molar-refractivity contribution in [2.45, 2.75) is 25.6 Å². The van der Waals surface area contributed by atoms with Gasteiger partial charge in [-0.25, -0.2) is 4.98 Å². The van der Waals surface area contributed by atoms with Gasteiger partial charge in [0, 0.05) is 13.1 Å². The van der Waals surface area contributed by atoms with Crippen molar-refractivity contribution in [1.29, 1.82) is 0 Å². The molecule has 1 aromatic heterocycles. The molecule has 1 fully saturated rings. The Kier molecular flexibility index (Phi) is 4.46. The Hall–Kier alpha value is -2.51. The summed E-state index contributed by atoms with van der Waals surface area (Å²) in [6, 6.07) is 4.32. The molecule has 1 aliphatic rings. The zero-order valence-electron chi connectivity index (χ0n) is 12.7. The topological polar surface area (TPSA) is 55.6 Å². The third-order valence-corrected chi connectivity index (χ3v) is 3.71. The van der Waals surface area contributed by atoms with Gasteiger partial charge in [0.15, 0.2) is 12.3 Å². The summed E-state index contributed by atoms with van der Waals surface area (Å²) in [6.45, 7) is 1.35. The van der Waals surface area contributed by atoms with Crippen LogP contribution in [0.5, 0.6) is 5.75 Å². The van der Waals surface area contributed by atoms with Gasteiger partial charge in [-0.05, 0) is 37.1 Å². The summed E-state index contributed by atoms with van der Waals surface area (Å²) in [5.41, 5.74) is -0.535. The van der Waals surface area contributed by atoms with Crippen LogP contribution in [0, 0.1) is 0 Å². The van der Waals surface area contributed by atoms with Gasteiger partial charge in [0.2, 0.25) is 5.89 Å². The number of ether oxygens (including phenoxy) is 1. The first-order valence-corrected chi connectivity index (χ1v) is 7.47. The molecule has 0 N–H and O–H groups in total. The highest BCUT2D eigenvalue weighted by Gasteiger charge is 2.30. The van der Waals surface area contributed by atoms with E-state index < -0.39 is 11.7 Å². The molecule has 128 valence electrons. The Morgan fingerprint density at radius 2 is 1.88 bits per heavy atom. The average molecular weight is 340 g/mol. The Balaban J connectivity index is 1.58. The first kappa shape index (κ1) is 16.4. The lowest BCUT2D eigenvalue weighted by atomic mass is 10.2. The Morgan fingerprint density at radius 3 is 2.50 bits per heavy atom.